The maximum absolute atomic E-state index is 11.6. The molecular formula is C12H13N3O4. The van der Waals surface area contributed by atoms with Crippen LogP contribution in [-0.2, 0) is 19.2 Å². The number of rotatable bonds is 4. The minimum Gasteiger partial charge on any atom is -0.333 e. The van der Waals surface area contributed by atoms with Gasteiger partial charge in [0.25, 0.3) is 11.8 Å². The Morgan fingerprint density at radius 2 is 2.11 bits per heavy atom. The van der Waals surface area contributed by atoms with Gasteiger partial charge < -0.3 is 4.84 Å². The molecule has 100 valence electrons. The highest BCUT2D eigenvalue weighted by molar-refractivity contribution is 6.14. The van der Waals surface area contributed by atoms with E-state index in [0.29, 0.717) is 12.1 Å². The first-order valence-corrected chi connectivity index (χ1v) is 5.78. The minimum absolute atomic E-state index is 0.0412. The molecular weight excluding hydrogens is 250 g/mol. The van der Waals surface area contributed by atoms with Gasteiger partial charge in [0.05, 0.1) is 12.1 Å². The van der Waals surface area contributed by atoms with Gasteiger partial charge in [0.2, 0.25) is 0 Å². The van der Waals surface area contributed by atoms with Gasteiger partial charge in [-0.1, -0.05) is 6.58 Å². The molecule has 0 radical (unpaired) electrons. The second kappa shape index (κ2) is 5.05. The van der Waals surface area contributed by atoms with Crippen LogP contribution in [0.2, 0.25) is 0 Å². The summed E-state index contributed by atoms with van der Waals surface area (Å²) in [4.78, 5) is 40.3. The first kappa shape index (κ1) is 13.0. The molecule has 1 saturated heterocycles. The van der Waals surface area contributed by atoms with Gasteiger partial charge in [-0.25, -0.2) is 4.79 Å². The molecule has 0 aromatic rings. The summed E-state index contributed by atoms with van der Waals surface area (Å²) in [5.74, 6) is -1.23. The van der Waals surface area contributed by atoms with Gasteiger partial charge in [-0.2, -0.15) is 0 Å². The van der Waals surface area contributed by atoms with Crippen molar-refractivity contribution in [1.29, 1.82) is 5.41 Å². The molecule has 0 aromatic carbocycles. The van der Waals surface area contributed by atoms with Crippen molar-refractivity contribution in [3.05, 3.63) is 24.4 Å². The Balaban J connectivity index is 1.82. The molecule has 2 aliphatic rings. The zero-order chi connectivity index (χ0) is 14.0. The second-order valence-electron chi connectivity index (χ2n) is 4.18. The molecule has 2 heterocycles. The average molecular weight is 263 g/mol. The van der Waals surface area contributed by atoms with Crippen molar-refractivity contribution in [2.75, 3.05) is 6.54 Å². The molecule has 7 heteroatoms. The third kappa shape index (κ3) is 2.70. The van der Waals surface area contributed by atoms with Gasteiger partial charge in [-0.3, -0.25) is 19.9 Å². The van der Waals surface area contributed by atoms with Crippen LogP contribution in [0.5, 0.6) is 0 Å². The Hall–Kier alpha value is -2.44. The Bertz CT molecular complexity index is 475. The summed E-state index contributed by atoms with van der Waals surface area (Å²) >= 11 is 0. The third-order valence-corrected chi connectivity index (χ3v) is 2.81. The van der Waals surface area contributed by atoms with Gasteiger partial charge in [-0.15, -0.1) is 5.06 Å². The Kier molecular flexibility index (Phi) is 3.46. The van der Waals surface area contributed by atoms with Crippen molar-refractivity contribution in [3.8, 4) is 0 Å². The molecule has 0 unspecified atom stereocenters. The number of hydroxylamine groups is 2. The molecule has 1 fully saturated rings. The SMILES string of the molecule is C=C1CCC(=O)N1OC(=O)CCN1C(=N)C=CC1=O. The number of allylic oxidation sites excluding steroid dienone is 1. The summed E-state index contributed by atoms with van der Waals surface area (Å²) in [6, 6.07) is 0. The lowest BCUT2D eigenvalue weighted by molar-refractivity contribution is -0.186. The number of amides is 2. The third-order valence-electron chi connectivity index (χ3n) is 2.81. The smallest absolute Gasteiger partial charge is 0.333 e. The van der Waals surface area contributed by atoms with Crippen LogP contribution in [0.3, 0.4) is 0 Å². The molecule has 2 rings (SSSR count). The molecule has 0 aromatic heterocycles. The summed E-state index contributed by atoms with van der Waals surface area (Å²) < 4.78 is 0. The topological polar surface area (TPSA) is 90.8 Å². The maximum atomic E-state index is 11.6. The van der Waals surface area contributed by atoms with Crippen LogP contribution in [0.4, 0.5) is 0 Å². The van der Waals surface area contributed by atoms with E-state index in [2.05, 4.69) is 6.58 Å². The number of nitrogens with one attached hydrogen (secondary N) is 1. The Morgan fingerprint density at radius 3 is 2.63 bits per heavy atom. The Labute approximate surface area is 109 Å². The van der Waals surface area contributed by atoms with Gasteiger partial charge in [-0.05, 0) is 12.5 Å². The number of hydrogen-bond donors (Lipinski definition) is 1. The van der Waals surface area contributed by atoms with Crippen molar-refractivity contribution in [2.24, 2.45) is 0 Å². The fraction of sp³-hybridized carbons (Fsp3) is 0.333. The molecule has 0 bridgehead atoms. The Morgan fingerprint density at radius 1 is 1.37 bits per heavy atom. The van der Waals surface area contributed by atoms with Crippen molar-refractivity contribution in [2.45, 2.75) is 19.3 Å². The van der Waals surface area contributed by atoms with Crippen molar-refractivity contribution in [3.63, 3.8) is 0 Å². The second-order valence-corrected chi connectivity index (χ2v) is 4.18. The highest BCUT2D eigenvalue weighted by atomic mass is 16.7. The largest absolute Gasteiger partial charge is 0.334 e. The first-order chi connectivity index (χ1) is 8.99. The molecule has 2 amide bonds. The van der Waals surface area contributed by atoms with Gasteiger partial charge >= 0.3 is 5.97 Å². The van der Waals surface area contributed by atoms with E-state index in [1.165, 1.54) is 12.2 Å². The number of carbonyl (C=O) groups is 3. The highest BCUT2D eigenvalue weighted by Crippen LogP contribution is 2.21. The predicted octanol–water partition coefficient (Wildman–Crippen LogP) is 0.346. The van der Waals surface area contributed by atoms with E-state index >= 15 is 0 Å². The van der Waals surface area contributed by atoms with Crippen LogP contribution in [0.1, 0.15) is 19.3 Å². The van der Waals surface area contributed by atoms with Crippen LogP contribution in [-0.4, -0.2) is 40.1 Å². The predicted molar refractivity (Wildman–Crippen MR) is 64.5 cm³/mol. The first-order valence-electron chi connectivity index (χ1n) is 5.78. The molecule has 1 N–H and O–H groups in total. The van der Waals surface area contributed by atoms with E-state index < -0.39 is 5.97 Å². The van der Waals surface area contributed by atoms with E-state index in [9.17, 15) is 14.4 Å². The zero-order valence-corrected chi connectivity index (χ0v) is 10.2. The number of hydrogen-bond acceptors (Lipinski definition) is 5. The van der Waals surface area contributed by atoms with E-state index in [-0.39, 0.29) is 37.0 Å². The van der Waals surface area contributed by atoms with E-state index in [1.54, 1.807) is 0 Å². The standard InChI is InChI=1S/C12H13N3O4/c1-8-2-4-11(17)15(8)19-12(18)6-7-14-9(13)3-5-10(14)16/h3,5,13H,1-2,4,6-7H2. The quantitative estimate of drug-likeness (QED) is 0.792. The van der Waals surface area contributed by atoms with Crippen LogP contribution in [0.15, 0.2) is 24.4 Å². The maximum Gasteiger partial charge on any atom is 0.334 e. The summed E-state index contributed by atoms with van der Waals surface area (Å²) in [5.41, 5.74) is 0.449. The lowest BCUT2D eigenvalue weighted by Gasteiger charge is -2.18. The molecule has 19 heavy (non-hydrogen) atoms. The molecule has 0 spiro atoms. The van der Waals surface area contributed by atoms with Crippen molar-refractivity contribution >= 4 is 23.6 Å². The van der Waals surface area contributed by atoms with Gasteiger partial charge in [0.15, 0.2) is 0 Å². The van der Waals surface area contributed by atoms with Gasteiger partial charge in [0.1, 0.15) is 5.84 Å². The molecule has 0 aliphatic carbocycles. The number of nitrogens with zero attached hydrogens (tertiary/aromatic N) is 2. The molecule has 7 nitrogen and oxygen atoms in total. The van der Waals surface area contributed by atoms with Crippen LogP contribution in [0, 0.1) is 5.41 Å². The van der Waals surface area contributed by atoms with Crippen molar-refractivity contribution in [1.82, 2.24) is 9.96 Å². The summed E-state index contributed by atoms with van der Waals surface area (Å²) in [5, 5.41) is 8.36. The van der Waals surface area contributed by atoms with Crippen LogP contribution >= 0.6 is 0 Å². The normalized spacial score (nSPS) is 18.7. The number of carbonyl (C=O) groups excluding carboxylic acids is 3. The fourth-order valence-corrected chi connectivity index (χ4v) is 1.78. The van der Waals surface area contributed by atoms with Crippen molar-refractivity contribution < 1.29 is 19.2 Å². The van der Waals surface area contributed by atoms with E-state index in [0.717, 1.165) is 9.96 Å². The minimum atomic E-state index is -0.635. The molecule has 0 atom stereocenters. The van der Waals surface area contributed by atoms with E-state index in [4.69, 9.17) is 10.2 Å². The van der Waals surface area contributed by atoms with Gasteiger partial charge in [0, 0.05) is 19.0 Å². The monoisotopic (exact) mass is 263 g/mol. The molecule has 0 saturated carbocycles. The fourth-order valence-electron chi connectivity index (χ4n) is 1.78. The lowest BCUT2D eigenvalue weighted by atomic mass is 10.3. The summed E-state index contributed by atoms with van der Waals surface area (Å²) in [6.45, 7) is 3.67. The molecule has 2 aliphatic heterocycles. The van der Waals surface area contributed by atoms with E-state index in [1.807, 2.05) is 0 Å². The van der Waals surface area contributed by atoms with Crippen LogP contribution in [0.25, 0.3) is 0 Å². The average Bonchev–Trinajstić information content (AvgIpc) is 2.84. The highest BCUT2D eigenvalue weighted by Gasteiger charge is 2.28. The van der Waals surface area contributed by atoms with Crippen LogP contribution < -0.4 is 0 Å². The summed E-state index contributed by atoms with van der Waals surface area (Å²) in [7, 11) is 0. The lowest BCUT2D eigenvalue weighted by Crippen LogP contribution is -2.33. The zero-order valence-electron chi connectivity index (χ0n) is 10.2. The summed E-state index contributed by atoms with van der Waals surface area (Å²) in [6.07, 6.45) is 3.29. The number of amidine groups is 1.